The van der Waals surface area contributed by atoms with Crippen LogP contribution in [0.3, 0.4) is 0 Å². The van der Waals surface area contributed by atoms with Crippen molar-refractivity contribution >= 4 is 31.9 Å². The summed E-state index contributed by atoms with van der Waals surface area (Å²) in [6, 6.07) is 7.01. The average molecular weight is 404 g/mol. The SMILES string of the molecule is CC(C)(C)N1CCCCC(N)C1c1ccc(Br)c(Br)c1. The summed E-state index contributed by atoms with van der Waals surface area (Å²) < 4.78 is 2.19. The van der Waals surface area contributed by atoms with E-state index in [-0.39, 0.29) is 11.6 Å². The fraction of sp³-hybridized carbons (Fsp3) is 0.625. The van der Waals surface area contributed by atoms with Crippen molar-refractivity contribution in [2.75, 3.05) is 6.54 Å². The van der Waals surface area contributed by atoms with E-state index in [0.717, 1.165) is 21.9 Å². The first-order valence-electron chi connectivity index (χ1n) is 7.28. The largest absolute Gasteiger partial charge is 0.326 e. The van der Waals surface area contributed by atoms with Crippen molar-refractivity contribution in [3.8, 4) is 0 Å². The molecule has 1 saturated heterocycles. The highest BCUT2D eigenvalue weighted by molar-refractivity contribution is 9.13. The maximum Gasteiger partial charge on any atom is 0.0504 e. The highest BCUT2D eigenvalue weighted by Gasteiger charge is 2.35. The van der Waals surface area contributed by atoms with Crippen LogP contribution in [0.15, 0.2) is 27.1 Å². The molecule has 0 aliphatic carbocycles. The first kappa shape index (κ1) is 16.5. The Hall–Kier alpha value is 0.1000. The summed E-state index contributed by atoms with van der Waals surface area (Å²) in [5.74, 6) is 0. The van der Waals surface area contributed by atoms with Crippen LogP contribution in [0, 0.1) is 0 Å². The molecule has 0 saturated carbocycles. The number of hydrogen-bond donors (Lipinski definition) is 1. The lowest BCUT2D eigenvalue weighted by molar-refractivity contribution is 0.0755. The van der Waals surface area contributed by atoms with Crippen molar-refractivity contribution in [2.45, 2.75) is 57.7 Å². The summed E-state index contributed by atoms with van der Waals surface area (Å²) in [7, 11) is 0. The van der Waals surface area contributed by atoms with Gasteiger partial charge in [0, 0.05) is 20.5 Å². The topological polar surface area (TPSA) is 29.3 Å². The standard InChI is InChI=1S/C16H24Br2N2/c1-16(2,3)20-9-5-4-6-14(19)15(20)11-7-8-12(17)13(18)10-11/h7-8,10,14-15H,4-6,9,19H2,1-3H3. The van der Waals surface area contributed by atoms with E-state index in [9.17, 15) is 0 Å². The molecule has 4 heteroatoms. The van der Waals surface area contributed by atoms with Gasteiger partial charge in [-0.15, -0.1) is 0 Å². The number of nitrogens with zero attached hydrogens (tertiary/aromatic N) is 1. The van der Waals surface area contributed by atoms with Crippen LogP contribution < -0.4 is 5.73 Å². The highest BCUT2D eigenvalue weighted by Crippen LogP contribution is 2.36. The molecule has 0 aromatic heterocycles. The molecule has 1 aromatic carbocycles. The predicted molar refractivity (Wildman–Crippen MR) is 92.9 cm³/mol. The van der Waals surface area contributed by atoms with Crippen molar-refractivity contribution in [3.05, 3.63) is 32.7 Å². The third kappa shape index (κ3) is 3.65. The van der Waals surface area contributed by atoms with Crippen molar-refractivity contribution in [2.24, 2.45) is 5.73 Å². The van der Waals surface area contributed by atoms with Gasteiger partial charge in [0.15, 0.2) is 0 Å². The van der Waals surface area contributed by atoms with Gasteiger partial charge in [0.2, 0.25) is 0 Å². The summed E-state index contributed by atoms with van der Waals surface area (Å²) in [6.45, 7) is 7.97. The van der Waals surface area contributed by atoms with Crippen molar-refractivity contribution in [3.63, 3.8) is 0 Å². The minimum Gasteiger partial charge on any atom is -0.326 e. The molecule has 0 radical (unpaired) electrons. The molecule has 1 aromatic rings. The molecule has 20 heavy (non-hydrogen) atoms. The fourth-order valence-electron chi connectivity index (χ4n) is 3.07. The quantitative estimate of drug-likeness (QED) is 0.724. The lowest BCUT2D eigenvalue weighted by atomic mass is 9.92. The second-order valence-electron chi connectivity index (χ2n) is 6.64. The molecule has 2 N–H and O–H groups in total. The summed E-state index contributed by atoms with van der Waals surface area (Å²) in [5.41, 5.74) is 7.96. The molecule has 1 aliphatic rings. The van der Waals surface area contributed by atoms with Gasteiger partial charge in [-0.2, -0.15) is 0 Å². The number of hydrogen-bond acceptors (Lipinski definition) is 2. The lowest BCUT2D eigenvalue weighted by Crippen LogP contribution is -2.49. The van der Waals surface area contributed by atoms with Crippen LogP contribution in [0.25, 0.3) is 0 Å². The monoisotopic (exact) mass is 402 g/mol. The molecule has 2 atom stereocenters. The van der Waals surface area contributed by atoms with E-state index < -0.39 is 0 Å². The maximum atomic E-state index is 6.52. The molecule has 0 bridgehead atoms. The zero-order chi connectivity index (χ0) is 14.9. The van der Waals surface area contributed by atoms with Gasteiger partial charge in [-0.3, -0.25) is 4.90 Å². The Bertz CT molecular complexity index is 468. The Kier molecular flexibility index (Phi) is 5.33. The van der Waals surface area contributed by atoms with Gasteiger partial charge in [0.05, 0.1) is 6.04 Å². The summed E-state index contributed by atoms with van der Waals surface area (Å²) >= 11 is 7.16. The molecule has 2 rings (SSSR count). The maximum absolute atomic E-state index is 6.52. The third-order valence-corrected chi connectivity index (χ3v) is 5.95. The fourth-order valence-corrected chi connectivity index (χ4v) is 3.71. The molecule has 0 spiro atoms. The van der Waals surface area contributed by atoms with E-state index in [2.05, 4.69) is 75.7 Å². The van der Waals surface area contributed by atoms with Crippen LogP contribution >= 0.6 is 31.9 Å². The first-order valence-corrected chi connectivity index (χ1v) is 8.86. The van der Waals surface area contributed by atoms with Gasteiger partial charge in [-0.1, -0.05) is 12.5 Å². The Balaban J connectivity index is 2.42. The molecular weight excluding hydrogens is 380 g/mol. The number of rotatable bonds is 1. The van der Waals surface area contributed by atoms with Gasteiger partial charge in [-0.25, -0.2) is 0 Å². The molecule has 0 amide bonds. The lowest BCUT2D eigenvalue weighted by Gasteiger charge is -2.43. The van der Waals surface area contributed by atoms with Gasteiger partial charge in [-0.05, 0) is 89.7 Å². The molecular formula is C16H24Br2N2. The normalized spacial score (nSPS) is 25.5. The first-order chi connectivity index (χ1) is 9.30. The molecule has 1 heterocycles. The molecule has 1 fully saturated rings. The summed E-state index contributed by atoms with van der Waals surface area (Å²) in [5, 5.41) is 0. The van der Waals surface area contributed by atoms with Crippen molar-refractivity contribution in [1.29, 1.82) is 0 Å². The van der Waals surface area contributed by atoms with Crippen molar-refractivity contribution < 1.29 is 0 Å². The average Bonchev–Trinajstić information content (AvgIpc) is 2.54. The van der Waals surface area contributed by atoms with Gasteiger partial charge < -0.3 is 5.73 Å². The van der Waals surface area contributed by atoms with E-state index in [1.54, 1.807) is 0 Å². The van der Waals surface area contributed by atoms with E-state index in [1.165, 1.54) is 18.4 Å². The minimum atomic E-state index is 0.131. The highest BCUT2D eigenvalue weighted by atomic mass is 79.9. The van der Waals surface area contributed by atoms with Crippen LogP contribution in [0.2, 0.25) is 0 Å². The Morgan fingerprint density at radius 2 is 1.85 bits per heavy atom. The zero-order valence-electron chi connectivity index (χ0n) is 12.5. The van der Waals surface area contributed by atoms with Crippen LogP contribution in [-0.2, 0) is 0 Å². The van der Waals surface area contributed by atoms with Gasteiger partial charge in [0.25, 0.3) is 0 Å². The number of benzene rings is 1. The summed E-state index contributed by atoms with van der Waals surface area (Å²) in [4.78, 5) is 2.57. The second-order valence-corrected chi connectivity index (χ2v) is 8.35. The van der Waals surface area contributed by atoms with Crippen molar-refractivity contribution in [1.82, 2.24) is 4.90 Å². The Morgan fingerprint density at radius 3 is 2.45 bits per heavy atom. The number of nitrogens with two attached hydrogens (primary N) is 1. The number of likely N-dealkylation sites (tertiary alicyclic amines) is 1. The minimum absolute atomic E-state index is 0.131. The Labute approximate surface area is 139 Å². The van der Waals surface area contributed by atoms with E-state index in [4.69, 9.17) is 5.73 Å². The number of halogens is 2. The molecule has 2 unspecified atom stereocenters. The molecule has 112 valence electrons. The zero-order valence-corrected chi connectivity index (χ0v) is 15.7. The van der Waals surface area contributed by atoms with Gasteiger partial charge in [0.1, 0.15) is 0 Å². The van der Waals surface area contributed by atoms with Crippen LogP contribution in [-0.4, -0.2) is 23.0 Å². The second kappa shape index (κ2) is 6.47. The van der Waals surface area contributed by atoms with E-state index in [1.807, 2.05) is 0 Å². The van der Waals surface area contributed by atoms with Crippen LogP contribution in [0.1, 0.15) is 51.6 Å². The van der Waals surface area contributed by atoms with E-state index >= 15 is 0 Å². The molecule has 2 nitrogen and oxygen atoms in total. The summed E-state index contributed by atoms with van der Waals surface area (Å²) in [6.07, 6.45) is 3.56. The predicted octanol–water partition coefficient (Wildman–Crippen LogP) is 4.86. The smallest absolute Gasteiger partial charge is 0.0504 e. The Morgan fingerprint density at radius 1 is 1.15 bits per heavy atom. The molecule has 1 aliphatic heterocycles. The van der Waals surface area contributed by atoms with Gasteiger partial charge >= 0.3 is 0 Å². The van der Waals surface area contributed by atoms with E-state index in [0.29, 0.717) is 6.04 Å². The van der Waals surface area contributed by atoms with Crippen LogP contribution in [0.4, 0.5) is 0 Å². The van der Waals surface area contributed by atoms with Crippen LogP contribution in [0.5, 0.6) is 0 Å². The third-order valence-electron chi connectivity index (χ3n) is 4.07.